The van der Waals surface area contributed by atoms with Gasteiger partial charge in [0.15, 0.2) is 0 Å². The van der Waals surface area contributed by atoms with Crippen LogP contribution < -0.4 is 5.32 Å². The van der Waals surface area contributed by atoms with Gasteiger partial charge in [0.1, 0.15) is 0 Å². The molecule has 0 saturated carbocycles. The van der Waals surface area contributed by atoms with E-state index in [9.17, 15) is 4.79 Å². The van der Waals surface area contributed by atoms with E-state index in [-0.39, 0.29) is 12.1 Å². The Morgan fingerprint density at radius 2 is 1.68 bits per heavy atom. The Bertz CT molecular complexity index is 1330. The van der Waals surface area contributed by atoms with E-state index < -0.39 is 0 Å². The highest BCUT2D eigenvalue weighted by atomic mass is 16.5. The summed E-state index contributed by atoms with van der Waals surface area (Å²) in [6.45, 7) is 4.53. The summed E-state index contributed by atoms with van der Waals surface area (Å²) in [5, 5.41) is 7.41. The number of allylic oxidation sites excluding steroid dienone is 1. The van der Waals surface area contributed by atoms with Crippen molar-refractivity contribution in [2.75, 3.05) is 6.54 Å². The number of carbonyl (C=O) groups excluding carboxylic acids is 1. The van der Waals surface area contributed by atoms with E-state index in [1.807, 2.05) is 86.6 Å². The zero-order chi connectivity index (χ0) is 23.5. The number of rotatable bonds is 6. The van der Waals surface area contributed by atoms with E-state index in [1.54, 1.807) is 4.90 Å². The highest BCUT2D eigenvalue weighted by Gasteiger charge is 2.35. The lowest BCUT2D eigenvalue weighted by Gasteiger charge is -2.35. The average Bonchev–Trinajstić information content (AvgIpc) is 3.34. The Morgan fingerprint density at radius 1 is 0.941 bits per heavy atom. The van der Waals surface area contributed by atoms with E-state index in [2.05, 4.69) is 22.6 Å². The number of carbonyl (C=O) groups is 1. The standard InChI is InChI=1S/C28H26N4O2/c1-19-10-9-15-23(18-19)26-30-27(34-31-26)24-20(2)32(17-16-21-11-5-3-6-12-21)28(33)29-25(24)22-13-7-4-8-14-22/h3-15,18,25H,16-17H2,1-2H3,(H,29,33). The van der Waals surface area contributed by atoms with Crippen LogP contribution in [-0.4, -0.2) is 27.6 Å². The predicted molar refractivity (Wildman–Crippen MR) is 132 cm³/mol. The molecule has 0 radical (unpaired) electrons. The third-order valence-corrected chi connectivity index (χ3v) is 6.13. The van der Waals surface area contributed by atoms with Crippen molar-refractivity contribution in [2.24, 2.45) is 0 Å². The zero-order valence-electron chi connectivity index (χ0n) is 19.2. The molecular formula is C28H26N4O2. The lowest BCUT2D eigenvalue weighted by molar-refractivity contribution is 0.205. The van der Waals surface area contributed by atoms with Crippen LogP contribution in [0.5, 0.6) is 0 Å². The van der Waals surface area contributed by atoms with Gasteiger partial charge in [-0.25, -0.2) is 4.79 Å². The van der Waals surface area contributed by atoms with E-state index >= 15 is 0 Å². The van der Waals surface area contributed by atoms with Gasteiger partial charge in [-0.15, -0.1) is 0 Å². The molecule has 3 aromatic carbocycles. The highest BCUT2D eigenvalue weighted by Crippen LogP contribution is 2.37. The Labute approximate surface area is 198 Å². The van der Waals surface area contributed by atoms with Gasteiger partial charge < -0.3 is 9.84 Å². The molecule has 0 spiro atoms. The van der Waals surface area contributed by atoms with Crippen LogP contribution in [0.15, 0.2) is 95.1 Å². The monoisotopic (exact) mass is 450 g/mol. The summed E-state index contributed by atoms with van der Waals surface area (Å²) in [4.78, 5) is 19.7. The number of amides is 2. The molecule has 1 aromatic heterocycles. The molecule has 6 heteroatoms. The molecule has 1 atom stereocenters. The minimum absolute atomic E-state index is 0.135. The third-order valence-electron chi connectivity index (χ3n) is 6.13. The van der Waals surface area contributed by atoms with E-state index in [0.29, 0.717) is 18.3 Å². The van der Waals surface area contributed by atoms with Gasteiger partial charge in [0.2, 0.25) is 5.82 Å². The van der Waals surface area contributed by atoms with Crippen LogP contribution in [0.2, 0.25) is 0 Å². The summed E-state index contributed by atoms with van der Waals surface area (Å²) in [5.74, 6) is 0.936. The van der Waals surface area contributed by atoms with Gasteiger partial charge in [-0.05, 0) is 37.5 Å². The summed E-state index contributed by atoms with van der Waals surface area (Å²) in [6.07, 6.45) is 0.743. The average molecular weight is 451 g/mol. The van der Waals surface area contributed by atoms with Crippen LogP contribution >= 0.6 is 0 Å². The minimum Gasteiger partial charge on any atom is -0.334 e. The van der Waals surface area contributed by atoms with Gasteiger partial charge >= 0.3 is 6.03 Å². The van der Waals surface area contributed by atoms with Crippen LogP contribution in [0.3, 0.4) is 0 Å². The summed E-state index contributed by atoms with van der Waals surface area (Å²) < 4.78 is 5.77. The molecule has 1 aliphatic heterocycles. The molecule has 1 unspecified atom stereocenters. The van der Waals surface area contributed by atoms with Crippen molar-refractivity contribution < 1.29 is 9.32 Å². The first-order valence-electron chi connectivity index (χ1n) is 11.4. The van der Waals surface area contributed by atoms with E-state index in [1.165, 1.54) is 5.56 Å². The molecule has 170 valence electrons. The first-order chi connectivity index (χ1) is 16.6. The third kappa shape index (κ3) is 4.35. The molecule has 2 amide bonds. The molecule has 0 saturated heterocycles. The van der Waals surface area contributed by atoms with Gasteiger partial charge in [-0.1, -0.05) is 89.6 Å². The molecule has 2 heterocycles. The van der Waals surface area contributed by atoms with Crippen LogP contribution in [0.25, 0.3) is 17.0 Å². The number of urea groups is 1. The van der Waals surface area contributed by atoms with Gasteiger partial charge in [-0.2, -0.15) is 4.98 Å². The van der Waals surface area contributed by atoms with E-state index in [0.717, 1.165) is 34.4 Å². The summed E-state index contributed by atoms with van der Waals surface area (Å²) in [7, 11) is 0. The lowest BCUT2D eigenvalue weighted by atomic mass is 9.94. The van der Waals surface area contributed by atoms with Gasteiger partial charge in [-0.3, -0.25) is 4.90 Å². The number of nitrogens with zero attached hydrogens (tertiary/aromatic N) is 3. The fraction of sp³-hybridized carbons (Fsp3) is 0.179. The van der Waals surface area contributed by atoms with Crippen molar-refractivity contribution in [1.82, 2.24) is 20.4 Å². The molecule has 34 heavy (non-hydrogen) atoms. The summed E-state index contributed by atoms with van der Waals surface area (Å²) >= 11 is 0. The molecular weight excluding hydrogens is 424 g/mol. The highest BCUT2D eigenvalue weighted by molar-refractivity contribution is 5.86. The zero-order valence-corrected chi connectivity index (χ0v) is 19.2. The topological polar surface area (TPSA) is 71.3 Å². The van der Waals surface area contributed by atoms with Gasteiger partial charge in [0.05, 0.1) is 11.6 Å². The first-order valence-corrected chi connectivity index (χ1v) is 11.4. The Balaban J connectivity index is 1.54. The minimum atomic E-state index is -0.382. The molecule has 0 aliphatic carbocycles. The maximum Gasteiger partial charge on any atom is 0.322 e. The number of aryl methyl sites for hydroxylation is 1. The smallest absolute Gasteiger partial charge is 0.322 e. The van der Waals surface area contributed by atoms with Crippen molar-refractivity contribution in [2.45, 2.75) is 26.3 Å². The first kappa shape index (κ1) is 21.6. The summed E-state index contributed by atoms with van der Waals surface area (Å²) in [5.41, 5.74) is 5.78. The number of nitrogens with one attached hydrogen (secondary N) is 1. The number of hydrogen-bond donors (Lipinski definition) is 1. The Kier molecular flexibility index (Phi) is 5.95. The van der Waals surface area contributed by atoms with Gasteiger partial charge in [0.25, 0.3) is 5.89 Å². The Hall–Kier alpha value is -4.19. The second kappa shape index (κ2) is 9.35. The van der Waals surface area contributed by atoms with Crippen molar-refractivity contribution in [3.05, 3.63) is 113 Å². The van der Waals surface area contributed by atoms with Crippen LogP contribution in [0, 0.1) is 6.92 Å². The molecule has 0 bridgehead atoms. The lowest BCUT2D eigenvalue weighted by Crippen LogP contribution is -2.46. The fourth-order valence-electron chi connectivity index (χ4n) is 4.34. The van der Waals surface area contributed by atoms with Crippen molar-refractivity contribution in [1.29, 1.82) is 0 Å². The van der Waals surface area contributed by atoms with Gasteiger partial charge in [0, 0.05) is 17.8 Å². The quantitative estimate of drug-likeness (QED) is 0.404. The maximum atomic E-state index is 13.2. The van der Waals surface area contributed by atoms with Crippen molar-refractivity contribution >= 4 is 11.6 Å². The van der Waals surface area contributed by atoms with Crippen LogP contribution in [0.1, 0.15) is 35.5 Å². The number of aromatic nitrogens is 2. The predicted octanol–water partition coefficient (Wildman–Crippen LogP) is 5.79. The molecule has 6 nitrogen and oxygen atoms in total. The largest absolute Gasteiger partial charge is 0.334 e. The van der Waals surface area contributed by atoms with Crippen LogP contribution in [0.4, 0.5) is 4.79 Å². The summed E-state index contributed by atoms with van der Waals surface area (Å²) in [6, 6.07) is 27.5. The molecule has 1 N–H and O–H groups in total. The number of hydrogen-bond acceptors (Lipinski definition) is 4. The van der Waals surface area contributed by atoms with Crippen molar-refractivity contribution in [3.8, 4) is 11.4 Å². The molecule has 0 fully saturated rings. The van der Waals surface area contributed by atoms with Crippen LogP contribution in [-0.2, 0) is 6.42 Å². The normalized spacial score (nSPS) is 16.0. The van der Waals surface area contributed by atoms with Crippen molar-refractivity contribution in [3.63, 3.8) is 0 Å². The second-order valence-corrected chi connectivity index (χ2v) is 8.47. The fourth-order valence-corrected chi connectivity index (χ4v) is 4.34. The molecule has 5 rings (SSSR count). The molecule has 4 aromatic rings. The SMILES string of the molecule is CC1=C(c2nc(-c3cccc(C)c3)no2)C(c2ccccc2)NC(=O)N1CCc1ccccc1. The van der Waals surface area contributed by atoms with E-state index in [4.69, 9.17) is 9.51 Å². The number of benzene rings is 3. The molecule has 1 aliphatic rings. The maximum absolute atomic E-state index is 13.2. The second-order valence-electron chi connectivity index (χ2n) is 8.47. The Morgan fingerprint density at radius 3 is 2.41 bits per heavy atom.